The predicted octanol–water partition coefficient (Wildman–Crippen LogP) is 2.37. The largest absolute Gasteiger partial charge is 0.465 e. The molecule has 9 heteroatoms. The first kappa shape index (κ1) is 19.2. The van der Waals surface area contributed by atoms with Gasteiger partial charge in [-0.3, -0.25) is 9.48 Å². The number of likely N-dealkylation sites (tertiary alicyclic amines) is 1. The van der Waals surface area contributed by atoms with Gasteiger partial charge in [0.2, 0.25) is 0 Å². The van der Waals surface area contributed by atoms with Crippen molar-refractivity contribution < 1.29 is 14.7 Å². The number of hydrogen-bond donors (Lipinski definition) is 3. The van der Waals surface area contributed by atoms with E-state index < -0.39 is 11.6 Å². The quantitative estimate of drug-likeness (QED) is 0.729. The molecule has 1 aromatic carbocycles. The molecule has 146 valence electrons. The summed E-state index contributed by atoms with van der Waals surface area (Å²) in [5.41, 5.74) is 0.498. The Morgan fingerprint density at radius 1 is 1.29 bits per heavy atom. The Kier molecular flexibility index (Phi) is 5.49. The second-order valence-corrected chi connectivity index (χ2v) is 6.73. The molecule has 1 saturated heterocycles. The molecule has 28 heavy (non-hydrogen) atoms. The Morgan fingerprint density at radius 3 is 2.54 bits per heavy atom. The maximum atomic E-state index is 12.4. The van der Waals surface area contributed by atoms with E-state index in [4.69, 9.17) is 0 Å². The second-order valence-electron chi connectivity index (χ2n) is 6.73. The highest BCUT2D eigenvalue weighted by molar-refractivity contribution is 5.99. The van der Waals surface area contributed by atoms with Crippen LogP contribution >= 0.6 is 0 Å². The molecule has 0 aliphatic carbocycles. The van der Waals surface area contributed by atoms with Crippen molar-refractivity contribution in [2.24, 2.45) is 0 Å². The van der Waals surface area contributed by atoms with Gasteiger partial charge in [-0.25, -0.2) is 4.79 Å². The zero-order valence-electron chi connectivity index (χ0n) is 15.6. The van der Waals surface area contributed by atoms with Crippen molar-refractivity contribution in [3.63, 3.8) is 0 Å². The molecule has 1 aliphatic rings. The smallest absolute Gasteiger partial charge is 0.407 e. The number of nitrogens with zero attached hydrogens (tertiary/aromatic N) is 4. The van der Waals surface area contributed by atoms with E-state index in [-0.39, 0.29) is 12.3 Å². The topological polar surface area (TPSA) is 123 Å². The van der Waals surface area contributed by atoms with Crippen LogP contribution < -0.4 is 10.6 Å². The van der Waals surface area contributed by atoms with Gasteiger partial charge in [0.15, 0.2) is 5.82 Å². The number of carbonyl (C=O) groups is 2. The molecular formula is C19H22N6O3. The van der Waals surface area contributed by atoms with Crippen LogP contribution in [0.1, 0.15) is 29.6 Å². The molecule has 1 aliphatic heterocycles. The van der Waals surface area contributed by atoms with Crippen molar-refractivity contribution in [3.05, 3.63) is 42.1 Å². The van der Waals surface area contributed by atoms with Gasteiger partial charge in [-0.15, -0.1) is 0 Å². The van der Waals surface area contributed by atoms with Gasteiger partial charge < -0.3 is 20.6 Å². The van der Waals surface area contributed by atoms with Gasteiger partial charge in [0.25, 0.3) is 5.91 Å². The summed E-state index contributed by atoms with van der Waals surface area (Å²) in [4.78, 5) is 24.9. The lowest BCUT2D eigenvalue weighted by Gasteiger charge is -2.39. The van der Waals surface area contributed by atoms with Crippen LogP contribution in [0.15, 0.2) is 36.5 Å². The van der Waals surface area contributed by atoms with E-state index in [2.05, 4.69) is 21.8 Å². The standard InChI is InChI=1S/C19H22N6O3/c1-21-17(26)15-13-25(23-16(15)22-14-5-3-2-4-6-14)19(7-10-20)8-11-24(12-9-19)18(27)28/h2-6,13H,7-9,11-12H2,1H3,(H,21,26)(H,22,23)(H,27,28). The van der Waals surface area contributed by atoms with Crippen LogP contribution in [0.5, 0.6) is 0 Å². The molecule has 3 rings (SSSR count). The van der Waals surface area contributed by atoms with Gasteiger partial charge in [0, 0.05) is 32.0 Å². The number of para-hydroxylation sites is 1. The maximum Gasteiger partial charge on any atom is 0.407 e. The second kappa shape index (κ2) is 8.00. The van der Waals surface area contributed by atoms with Crippen molar-refractivity contribution in [3.8, 4) is 6.07 Å². The summed E-state index contributed by atoms with van der Waals surface area (Å²) in [5.74, 6) is 0.100. The summed E-state index contributed by atoms with van der Waals surface area (Å²) in [6.45, 7) is 0.626. The fourth-order valence-electron chi connectivity index (χ4n) is 3.42. The predicted molar refractivity (Wildman–Crippen MR) is 102 cm³/mol. The minimum atomic E-state index is -0.969. The Balaban J connectivity index is 1.96. The van der Waals surface area contributed by atoms with Crippen molar-refractivity contribution in [2.45, 2.75) is 24.8 Å². The first-order valence-electron chi connectivity index (χ1n) is 8.98. The molecule has 0 unspecified atom stereocenters. The average molecular weight is 382 g/mol. The maximum absolute atomic E-state index is 12.4. The average Bonchev–Trinajstić information content (AvgIpc) is 3.13. The first-order valence-corrected chi connectivity index (χ1v) is 8.98. The van der Waals surface area contributed by atoms with Gasteiger partial charge in [-0.1, -0.05) is 18.2 Å². The van der Waals surface area contributed by atoms with E-state index in [9.17, 15) is 20.0 Å². The van der Waals surface area contributed by atoms with Crippen molar-refractivity contribution in [1.82, 2.24) is 20.0 Å². The van der Waals surface area contributed by atoms with Gasteiger partial charge >= 0.3 is 6.09 Å². The SMILES string of the molecule is CNC(=O)c1cn(C2(CC#N)CCN(C(=O)O)CC2)nc1Nc1ccccc1. The molecule has 3 N–H and O–H groups in total. The molecule has 0 radical (unpaired) electrons. The van der Waals surface area contributed by atoms with E-state index in [0.717, 1.165) is 5.69 Å². The Hall–Kier alpha value is -3.54. The molecule has 1 aromatic heterocycles. The number of rotatable bonds is 5. The fourth-order valence-corrected chi connectivity index (χ4v) is 3.42. The van der Waals surface area contributed by atoms with Gasteiger partial charge in [-0.05, 0) is 25.0 Å². The summed E-state index contributed by atoms with van der Waals surface area (Å²) in [6, 6.07) is 11.6. The molecule has 9 nitrogen and oxygen atoms in total. The van der Waals surface area contributed by atoms with Gasteiger partial charge in [0.1, 0.15) is 5.56 Å². The zero-order valence-corrected chi connectivity index (χ0v) is 15.6. The molecule has 0 atom stereocenters. The molecule has 2 heterocycles. The number of amides is 2. The number of nitriles is 1. The monoisotopic (exact) mass is 382 g/mol. The summed E-state index contributed by atoms with van der Waals surface area (Å²) in [7, 11) is 1.54. The fraction of sp³-hybridized carbons (Fsp3) is 0.368. The third kappa shape index (κ3) is 3.76. The molecule has 2 aromatic rings. The van der Waals surface area contributed by atoms with Crippen molar-refractivity contribution in [2.75, 3.05) is 25.5 Å². The highest BCUT2D eigenvalue weighted by atomic mass is 16.4. The van der Waals surface area contributed by atoms with Crippen LogP contribution in [-0.4, -0.2) is 51.9 Å². The third-order valence-corrected chi connectivity index (χ3v) is 5.08. The molecular weight excluding hydrogens is 360 g/mol. The number of piperidine rings is 1. The Bertz CT molecular complexity index is 894. The van der Waals surface area contributed by atoms with Crippen LogP contribution in [-0.2, 0) is 5.54 Å². The van der Waals surface area contributed by atoms with Gasteiger partial charge in [-0.2, -0.15) is 10.4 Å². The van der Waals surface area contributed by atoms with E-state index >= 15 is 0 Å². The summed E-state index contributed by atoms with van der Waals surface area (Å²) in [6.07, 6.45) is 1.75. The normalized spacial score (nSPS) is 15.5. The molecule has 0 spiro atoms. The highest BCUT2D eigenvalue weighted by Gasteiger charge is 2.39. The lowest BCUT2D eigenvalue weighted by molar-refractivity contribution is 0.0888. The number of carboxylic acid groups (broad SMARTS) is 1. The minimum absolute atomic E-state index is 0.181. The third-order valence-electron chi connectivity index (χ3n) is 5.08. The van der Waals surface area contributed by atoms with Crippen LogP contribution in [0.2, 0.25) is 0 Å². The van der Waals surface area contributed by atoms with Crippen LogP contribution in [0, 0.1) is 11.3 Å². The van der Waals surface area contributed by atoms with E-state index in [1.165, 1.54) is 4.90 Å². The highest BCUT2D eigenvalue weighted by Crippen LogP contribution is 2.35. The van der Waals surface area contributed by atoms with Crippen LogP contribution in [0.3, 0.4) is 0 Å². The molecule has 1 fully saturated rings. The van der Waals surface area contributed by atoms with Gasteiger partial charge in [0.05, 0.1) is 18.0 Å². The van der Waals surface area contributed by atoms with E-state index in [1.807, 2.05) is 30.3 Å². The first-order chi connectivity index (χ1) is 13.5. The minimum Gasteiger partial charge on any atom is -0.465 e. The lowest BCUT2D eigenvalue weighted by atomic mass is 9.85. The number of anilines is 2. The Labute approximate surface area is 162 Å². The zero-order chi connectivity index (χ0) is 20.1. The summed E-state index contributed by atoms with van der Waals surface area (Å²) >= 11 is 0. The van der Waals surface area contributed by atoms with Crippen LogP contribution in [0.4, 0.5) is 16.3 Å². The number of benzene rings is 1. The Morgan fingerprint density at radius 2 is 1.96 bits per heavy atom. The molecule has 0 bridgehead atoms. The van der Waals surface area contributed by atoms with E-state index in [1.54, 1.807) is 17.9 Å². The van der Waals surface area contributed by atoms with Crippen molar-refractivity contribution in [1.29, 1.82) is 5.26 Å². The summed E-state index contributed by atoms with van der Waals surface area (Å²) in [5, 5.41) is 28.9. The molecule has 2 amide bonds. The number of aromatic nitrogens is 2. The number of nitrogens with one attached hydrogen (secondary N) is 2. The van der Waals surface area contributed by atoms with E-state index in [0.29, 0.717) is 37.3 Å². The van der Waals surface area contributed by atoms with Crippen LogP contribution in [0.25, 0.3) is 0 Å². The molecule has 0 saturated carbocycles. The van der Waals surface area contributed by atoms with Crippen molar-refractivity contribution >= 4 is 23.5 Å². The lowest BCUT2D eigenvalue weighted by Crippen LogP contribution is -2.47. The number of hydrogen-bond acceptors (Lipinski definition) is 5. The number of carbonyl (C=O) groups excluding carboxylic acids is 1. The summed E-state index contributed by atoms with van der Waals surface area (Å²) < 4.78 is 1.66.